The van der Waals surface area contributed by atoms with Gasteiger partial charge in [-0.05, 0) is 43.4 Å². The lowest BCUT2D eigenvalue weighted by Crippen LogP contribution is -2.05. The monoisotopic (exact) mass is 217 g/mol. The Labute approximate surface area is 97.0 Å². The second-order valence-electron chi connectivity index (χ2n) is 4.39. The lowest BCUT2D eigenvalue weighted by Gasteiger charge is -2.16. The summed E-state index contributed by atoms with van der Waals surface area (Å²) in [6.45, 7) is 0. The van der Waals surface area contributed by atoms with E-state index < -0.39 is 6.10 Å². The fourth-order valence-electron chi connectivity index (χ4n) is 2.19. The molecule has 0 radical (unpaired) electrons. The van der Waals surface area contributed by atoms with Crippen LogP contribution < -0.4 is 0 Å². The first-order valence-electron chi connectivity index (χ1n) is 6.16. The van der Waals surface area contributed by atoms with Crippen molar-refractivity contribution in [1.82, 2.24) is 4.98 Å². The van der Waals surface area contributed by atoms with E-state index in [4.69, 9.17) is 0 Å². The number of aliphatic hydroxyl groups excluding tert-OH is 1. The van der Waals surface area contributed by atoms with E-state index in [9.17, 15) is 5.11 Å². The average molecular weight is 217 g/mol. The number of aromatic nitrogens is 1. The van der Waals surface area contributed by atoms with Crippen molar-refractivity contribution in [2.45, 2.75) is 44.6 Å². The Morgan fingerprint density at radius 3 is 2.81 bits per heavy atom. The summed E-state index contributed by atoms with van der Waals surface area (Å²) in [5, 5.41) is 10.2. The minimum atomic E-state index is -0.501. The number of hydrogen-bond acceptors (Lipinski definition) is 2. The van der Waals surface area contributed by atoms with Crippen molar-refractivity contribution in [2.24, 2.45) is 0 Å². The number of pyridine rings is 1. The maximum Gasteiger partial charge on any atom is 0.117 e. The fraction of sp³-hybridized carbons (Fsp3) is 0.500. The predicted molar refractivity (Wildman–Crippen MR) is 65.0 cm³/mol. The molecule has 1 N–H and O–H groups in total. The SMILES string of the molecule is OC(/C1=C/CCCCCC1)c1ccccn1. The maximum atomic E-state index is 10.2. The normalized spacial score (nSPS) is 22.7. The van der Waals surface area contributed by atoms with Crippen LogP contribution in [0.25, 0.3) is 0 Å². The zero-order chi connectivity index (χ0) is 11.2. The molecule has 0 bridgehead atoms. The molecule has 1 heterocycles. The topological polar surface area (TPSA) is 33.1 Å². The van der Waals surface area contributed by atoms with Gasteiger partial charge in [-0.15, -0.1) is 0 Å². The molecule has 0 fully saturated rings. The first-order chi connectivity index (χ1) is 7.88. The van der Waals surface area contributed by atoms with Crippen molar-refractivity contribution < 1.29 is 5.11 Å². The van der Waals surface area contributed by atoms with Crippen LogP contribution in [-0.4, -0.2) is 10.1 Å². The molecule has 0 amide bonds. The second-order valence-corrected chi connectivity index (χ2v) is 4.39. The van der Waals surface area contributed by atoms with E-state index in [1.807, 2.05) is 18.2 Å². The van der Waals surface area contributed by atoms with Crippen molar-refractivity contribution >= 4 is 0 Å². The van der Waals surface area contributed by atoms with Gasteiger partial charge in [-0.3, -0.25) is 4.98 Å². The Morgan fingerprint density at radius 1 is 1.12 bits per heavy atom. The third-order valence-corrected chi connectivity index (χ3v) is 3.15. The number of hydrogen-bond donors (Lipinski definition) is 1. The number of rotatable bonds is 2. The standard InChI is InChI=1S/C14H19NO/c16-14(13-10-6-7-11-15-13)12-8-4-2-1-3-5-9-12/h6-8,10-11,14,16H,1-5,9H2/b12-8+. The zero-order valence-corrected chi connectivity index (χ0v) is 9.60. The highest BCUT2D eigenvalue weighted by Crippen LogP contribution is 2.27. The van der Waals surface area contributed by atoms with Gasteiger partial charge in [0, 0.05) is 6.20 Å². The largest absolute Gasteiger partial charge is 0.382 e. The minimum absolute atomic E-state index is 0.501. The minimum Gasteiger partial charge on any atom is -0.382 e. The van der Waals surface area contributed by atoms with Gasteiger partial charge in [0.1, 0.15) is 6.10 Å². The highest BCUT2D eigenvalue weighted by Gasteiger charge is 2.14. The molecule has 0 saturated heterocycles. The first kappa shape index (κ1) is 11.3. The van der Waals surface area contributed by atoms with Gasteiger partial charge in [0.15, 0.2) is 0 Å². The van der Waals surface area contributed by atoms with Crippen LogP contribution in [-0.2, 0) is 0 Å². The first-order valence-corrected chi connectivity index (χ1v) is 6.16. The van der Waals surface area contributed by atoms with Crippen LogP contribution in [0.4, 0.5) is 0 Å². The van der Waals surface area contributed by atoms with Crippen LogP contribution in [0.2, 0.25) is 0 Å². The fourth-order valence-corrected chi connectivity index (χ4v) is 2.19. The van der Waals surface area contributed by atoms with Crippen molar-refractivity contribution in [1.29, 1.82) is 0 Å². The van der Waals surface area contributed by atoms with Gasteiger partial charge in [0.25, 0.3) is 0 Å². The van der Waals surface area contributed by atoms with Gasteiger partial charge >= 0.3 is 0 Å². The van der Waals surface area contributed by atoms with Crippen molar-refractivity contribution in [2.75, 3.05) is 0 Å². The highest BCUT2D eigenvalue weighted by atomic mass is 16.3. The van der Waals surface area contributed by atoms with Crippen LogP contribution >= 0.6 is 0 Å². The average Bonchev–Trinajstić information content (AvgIpc) is 2.29. The summed E-state index contributed by atoms with van der Waals surface area (Å²) in [6.07, 6.45) is 10.6. The van der Waals surface area contributed by atoms with E-state index in [0.29, 0.717) is 0 Å². The van der Waals surface area contributed by atoms with Crippen LogP contribution in [0.5, 0.6) is 0 Å². The highest BCUT2D eigenvalue weighted by molar-refractivity contribution is 5.20. The van der Waals surface area contributed by atoms with Crippen molar-refractivity contribution in [3.63, 3.8) is 0 Å². The Morgan fingerprint density at radius 2 is 2.00 bits per heavy atom. The number of aliphatic hydroxyl groups is 1. The molecule has 2 heteroatoms. The van der Waals surface area contributed by atoms with Crippen molar-refractivity contribution in [3.8, 4) is 0 Å². The lowest BCUT2D eigenvalue weighted by molar-refractivity contribution is 0.204. The molecular formula is C14H19NO. The molecule has 2 nitrogen and oxygen atoms in total. The molecule has 1 atom stereocenters. The molecule has 1 unspecified atom stereocenters. The van der Waals surface area contributed by atoms with Gasteiger partial charge in [0.05, 0.1) is 5.69 Å². The summed E-state index contributed by atoms with van der Waals surface area (Å²) in [5.74, 6) is 0. The predicted octanol–water partition coefficient (Wildman–Crippen LogP) is 3.40. The Kier molecular flexibility index (Phi) is 4.11. The molecule has 2 rings (SSSR count). The lowest BCUT2D eigenvalue weighted by atomic mass is 9.95. The van der Waals surface area contributed by atoms with E-state index in [0.717, 1.165) is 24.1 Å². The summed E-state index contributed by atoms with van der Waals surface area (Å²) < 4.78 is 0. The molecule has 1 aromatic rings. The van der Waals surface area contributed by atoms with Crippen LogP contribution in [0.15, 0.2) is 36.0 Å². The summed E-state index contributed by atoms with van der Waals surface area (Å²) in [4.78, 5) is 4.22. The van der Waals surface area contributed by atoms with Crippen LogP contribution in [0, 0.1) is 0 Å². The third kappa shape index (κ3) is 2.92. The van der Waals surface area contributed by atoms with Gasteiger partial charge in [-0.2, -0.15) is 0 Å². The molecule has 1 aliphatic carbocycles. The zero-order valence-electron chi connectivity index (χ0n) is 9.60. The summed E-state index contributed by atoms with van der Waals surface area (Å²) in [6, 6.07) is 5.70. The summed E-state index contributed by atoms with van der Waals surface area (Å²) in [7, 11) is 0. The smallest absolute Gasteiger partial charge is 0.117 e. The van der Waals surface area contributed by atoms with Gasteiger partial charge < -0.3 is 5.11 Å². The number of allylic oxidation sites excluding steroid dienone is 1. The Hall–Kier alpha value is -1.15. The van der Waals surface area contributed by atoms with Crippen LogP contribution in [0.1, 0.15) is 50.3 Å². The molecule has 0 spiro atoms. The van der Waals surface area contributed by atoms with E-state index in [1.54, 1.807) is 6.20 Å². The Bertz CT molecular complexity index is 345. The van der Waals surface area contributed by atoms with Gasteiger partial charge in [-0.25, -0.2) is 0 Å². The summed E-state index contributed by atoms with van der Waals surface area (Å²) >= 11 is 0. The molecule has 86 valence electrons. The quantitative estimate of drug-likeness (QED) is 0.770. The second kappa shape index (κ2) is 5.80. The van der Waals surface area contributed by atoms with E-state index in [-0.39, 0.29) is 0 Å². The molecule has 0 aromatic carbocycles. The third-order valence-electron chi connectivity index (χ3n) is 3.15. The molecule has 0 aliphatic heterocycles. The van der Waals surface area contributed by atoms with Gasteiger partial charge in [0.2, 0.25) is 0 Å². The molecule has 1 aliphatic rings. The van der Waals surface area contributed by atoms with E-state index >= 15 is 0 Å². The molecule has 0 saturated carbocycles. The Balaban J connectivity index is 2.10. The van der Waals surface area contributed by atoms with Crippen molar-refractivity contribution in [3.05, 3.63) is 41.7 Å². The molecular weight excluding hydrogens is 198 g/mol. The summed E-state index contributed by atoms with van der Waals surface area (Å²) in [5.41, 5.74) is 1.92. The molecule has 1 aromatic heterocycles. The molecule has 16 heavy (non-hydrogen) atoms. The van der Waals surface area contributed by atoms with E-state index in [2.05, 4.69) is 11.1 Å². The van der Waals surface area contributed by atoms with Gasteiger partial charge in [-0.1, -0.05) is 25.0 Å². The number of nitrogens with zero attached hydrogens (tertiary/aromatic N) is 1. The van der Waals surface area contributed by atoms with Crippen LogP contribution in [0.3, 0.4) is 0 Å². The maximum absolute atomic E-state index is 10.2. The van der Waals surface area contributed by atoms with E-state index in [1.165, 1.54) is 25.7 Å².